The molecule has 1 aliphatic carbocycles. The monoisotopic (exact) mass is 294 g/mol. The van der Waals surface area contributed by atoms with Crippen LogP contribution >= 0.6 is 0 Å². The molecule has 0 heterocycles. The van der Waals surface area contributed by atoms with Crippen LogP contribution in [0.5, 0.6) is 0 Å². The van der Waals surface area contributed by atoms with Crippen molar-refractivity contribution in [3.8, 4) is 0 Å². The van der Waals surface area contributed by atoms with Crippen molar-refractivity contribution in [3.05, 3.63) is 24.3 Å². The van der Waals surface area contributed by atoms with E-state index in [2.05, 4.69) is 6.92 Å². The largest absolute Gasteiger partial charge is 0.481 e. The Balaban J connectivity index is 2.53. The Morgan fingerprint density at radius 1 is 1.00 bits per heavy atom. The van der Waals surface area contributed by atoms with Crippen molar-refractivity contribution < 1.29 is 19.8 Å². The zero-order valence-electron chi connectivity index (χ0n) is 12.8. The molecule has 0 saturated heterocycles. The van der Waals surface area contributed by atoms with Gasteiger partial charge in [-0.05, 0) is 6.42 Å². The molecule has 1 aliphatic rings. The van der Waals surface area contributed by atoms with Crippen molar-refractivity contribution in [2.45, 2.75) is 58.3 Å². The van der Waals surface area contributed by atoms with E-state index in [1.165, 1.54) is 31.8 Å². The van der Waals surface area contributed by atoms with Gasteiger partial charge in [0.2, 0.25) is 0 Å². The summed E-state index contributed by atoms with van der Waals surface area (Å²) < 4.78 is 0. The van der Waals surface area contributed by atoms with Gasteiger partial charge in [0, 0.05) is 0 Å². The fourth-order valence-electron chi connectivity index (χ4n) is 2.91. The molecule has 1 rings (SSSR count). The fraction of sp³-hybridized carbons (Fsp3) is 0.647. The molecule has 0 aromatic heterocycles. The molecule has 0 saturated carbocycles. The number of rotatable bonds is 10. The fourth-order valence-corrected chi connectivity index (χ4v) is 2.91. The number of hydrogen-bond acceptors (Lipinski definition) is 2. The summed E-state index contributed by atoms with van der Waals surface area (Å²) in [5, 5.41) is 18.8. The first-order chi connectivity index (χ1) is 10.0. The highest BCUT2D eigenvalue weighted by Crippen LogP contribution is 2.39. The summed E-state index contributed by atoms with van der Waals surface area (Å²) in [6.45, 7) is 2.17. The van der Waals surface area contributed by atoms with Gasteiger partial charge in [0.05, 0.1) is 5.92 Å². The van der Waals surface area contributed by atoms with Crippen LogP contribution in [0.15, 0.2) is 24.3 Å². The minimum atomic E-state index is -1.29. The van der Waals surface area contributed by atoms with Gasteiger partial charge in [0.25, 0.3) is 0 Å². The lowest BCUT2D eigenvalue weighted by Crippen LogP contribution is -2.41. The Labute approximate surface area is 126 Å². The molecule has 2 atom stereocenters. The molecule has 118 valence electrons. The Kier molecular flexibility index (Phi) is 7.20. The molecule has 0 radical (unpaired) electrons. The van der Waals surface area contributed by atoms with E-state index in [9.17, 15) is 19.8 Å². The molecule has 0 aromatic rings. The highest BCUT2D eigenvalue weighted by Gasteiger charge is 2.46. The molecule has 0 spiro atoms. The van der Waals surface area contributed by atoms with Gasteiger partial charge in [-0.1, -0.05) is 76.2 Å². The van der Waals surface area contributed by atoms with Gasteiger partial charge in [-0.15, -0.1) is 0 Å². The minimum Gasteiger partial charge on any atom is -0.481 e. The van der Waals surface area contributed by atoms with Gasteiger partial charge in [0.15, 0.2) is 0 Å². The van der Waals surface area contributed by atoms with Crippen molar-refractivity contribution in [1.29, 1.82) is 0 Å². The summed E-state index contributed by atoms with van der Waals surface area (Å²) in [5.41, 5.74) is -1.29. The SMILES string of the molecule is CCCCCCCCCC1(C(=O)O)C=CC=CC1C(=O)O. The van der Waals surface area contributed by atoms with Crippen molar-refractivity contribution in [2.75, 3.05) is 0 Å². The van der Waals surface area contributed by atoms with Crippen molar-refractivity contribution >= 4 is 11.9 Å². The van der Waals surface area contributed by atoms with Crippen molar-refractivity contribution in [2.24, 2.45) is 11.3 Å². The van der Waals surface area contributed by atoms with E-state index in [0.29, 0.717) is 6.42 Å². The number of allylic oxidation sites excluding steroid dienone is 2. The Bertz CT molecular complexity index is 411. The Hall–Kier alpha value is -1.58. The smallest absolute Gasteiger partial charge is 0.314 e. The van der Waals surface area contributed by atoms with Gasteiger partial charge in [-0.3, -0.25) is 9.59 Å². The second-order valence-electron chi connectivity index (χ2n) is 5.78. The van der Waals surface area contributed by atoms with Crippen LogP contribution in [0.2, 0.25) is 0 Å². The number of aliphatic carboxylic acids is 2. The second kappa shape index (κ2) is 8.65. The normalized spacial score (nSPS) is 24.1. The predicted octanol–water partition coefficient (Wildman–Crippen LogP) is 4.02. The Morgan fingerprint density at radius 2 is 1.62 bits per heavy atom. The van der Waals surface area contributed by atoms with Crippen LogP contribution in [0.4, 0.5) is 0 Å². The Morgan fingerprint density at radius 3 is 2.19 bits per heavy atom. The third kappa shape index (κ3) is 4.73. The van der Waals surface area contributed by atoms with E-state index >= 15 is 0 Å². The zero-order valence-corrected chi connectivity index (χ0v) is 12.8. The first kappa shape index (κ1) is 17.5. The number of unbranched alkanes of at least 4 members (excludes halogenated alkanes) is 6. The maximum atomic E-state index is 11.6. The van der Waals surface area contributed by atoms with Gasteiger partial charge in [-0.25, -0.2) is 0 Å². The van der Waals surface area contributed by atoms with E-state index in [4.69, 9.17) is 0 Å². The lowest BCUT2D eigenvalue weighted by molar-refractivity contribution is -0.157. The number of carbonyl (C=O) groups is 2. The van der Waals surface area contributed by atoms with Crippen LogP contribution in [0.1, 0.15) is 58.3 Å². The van der Waals surface area contributed by atoms with Gasteiger partial charge in [0.1, 0.15) is 5.41 Å². The molecule has 0 fully saturated rings. The number of carboxylic acid groups (broad SMARTS) is 2. The molecule has 2 unspecified atom stereocenters. The summed E-state index contributed by atoms with van der Waals surface area (Å²) in [4.78, 5) is 23.0. The standard InChI is InChI=1S/C17H26O4/c1-2-3-4-5-6-7-9-12-17(16(20)21)13-10-8-11-14(17)15(18)19/h8,10-11,13-14H,2-7,9,12H2,1H3,(H,18,19)(H,20,21). The van der Waals surface area contributed by atoms with Gasteiger partial charge in [-0.2, -0.15) is 0 Å². The number of hydrogen-bond donors (Lipinski definition) is 2. The quantitative estimate of drug-likeness (QED) is 0.597. The number of carboxylic acids is 2. The second-order valence-corrected chi connectivity index (χ2v) is 5.78. The van der Waals surface area contributed by atoms with Crippen LogP contribution in [0, 0.1) is 11.3 Å². The van der Waals surface area contributed by atoms with Crippen molar-refractivity contribution in [1.82, 2.24) is 0 Å². The van der Waals surface area contributed by atoms with Gasteiger partial charge < -0.3 is 10.2 Å². The van der Waals surface area contributed by atoms with E-state index in [-0.39, 0.29) is 0 Å². The molecule has 4 heteroatoms. The zero-order chi connectivity index (χ0) is 15.7. The predicted molar refractivity (Wildman–Crippen MR) is 82.1 cm³/mol. The van der Waals surface area contributed by atoms with Crippen LogP contribution in [-0.4, -0.2) is 22.2 Å². The first-order valence-corrected chi connectivity index (χ1v) is 7.87. The minimum absolute atomic E-state index is 0.383. The van der Waals surface area contributed by atoms with E-state index in [1.807, 2.05) is 0 Å². The summed E-state index contributed by atoms with van der Waals surface area (Å²) >= 11 is 0. The highest BCUT2D eigenvalue weighted by molar-refractivity contribution is 5.87. The topological polar surface area (TPSA) is 74.6 Å². The summed E-state index contributed by atoms with van der Waals surface area (Å²) in [6, 6.07) is 0. The van der Waals surface area contributed by atoms with E-state index in [1.54, 1.807) is 18.2 Å². The molecular weight excluding hydrogens is 268 g/mol. The molecule has 0 aromatic carbocycles. The van der Waals surface area contributed by atoms with E-state index < -0.39 is 23.3 Å². The van der Waals surface area contributed by atoms with Crippen molar-refractivity contribution in [3.63, 3.8) is 0 Å². The van der Waals surface area contributed by atoms with Crippen LogP contribution in [-0.2, 0) is 9.59 Å². The molecule has 21 heavy (non-hydrogen) atoms. The maximum Gasteiger partial charge on any atom is 0.314 e. The first-order valence-electron chi connectivity index (χ1n) is 7.87. The summed E-state index contributed by atoms with van der Waals surface area (Å²) in [7, 11) is 0. The van der Waals surface area contributed by atoms with Crippen LogP contribution in [0.3, 0.4) is 0 Å². The highest BCUT2D eigenvalue weighted by atomic mass is 16.4. The molecule has 0 amide bonds. The molecule has 4 nitrogen and oxygen atoms in total. The third-order valence-electron chi connectivity index (χ3n) is 4.22. The average Bonchev–Trinajstić information content (AvgIpc) is 2.46. The summed E-state index contributed by atoms with van der Waals surface area (Å²) in [5.74, 6) is -3.08. The average molecular weight is 294 g/mol. The van der Waals surface area contributed by atoms with Gasteiger partial charge >= 0.3 is 11.9 Å². The lowest BCUT2D eigenvalue weighted by atomic mass is 9.69. The molecule has 0 aliphatic heterocycles. The molecular formula is C17H26O4. The van der Waals surface area contributed by atoms with Crippen LogP contribution in [0.25, 0.3) is 0 Å². The lowest BCUT2D eigenvalue weighted by Gasteiger charge is -2.32. The van der Waals surface area contributed by atoms with E-state index in [0.717, 1.165) is 19.3 Å². The third-order valence-corrected chi connectivity index (χ3v) is 4.22. The molecule has 2 N–H and O–H groups in total. The maximum absolute atomic E-state index is 11.6. The molecule has 0 bridgehead atoms. The van der Waals surface area contributed by atoms with Crippen LogP contribution < -0.4 is 0 Å². The summed E-state index contributed by atoms with van der Waals surface area (Å²) in [6.07, 6.45) is 14.3.